The number of rotatable bonds is 3. The van der Waals surface area contributed by atoms with E-state index in [1.165, 1.54) is 0 Å². The van der Waals surface area contributed by atoms with Gasteiger partial charge < -0.3 is 15.0 Å². The molecule has 1 aromatic carbocycles. The Labute approximate surface area is 126 Å². The Hall–Kier alpha value is -1.55. The SMILES string of the molecule is CCCC1(C(=O)N2CCOc3ccccc32)CCCNC1. The molecule has 0 aliphatic carbocycles. The molecule has 0 saturated carbocycles. The van der Waals surface area contributed by atoms with E-state index in [2.05, 4.69) is 12.2 Å². The quantitative estimate of drug-likeness (QED) is 0.929. The van der Waals surface area contributed by atoms with Gasteiger partial charge in [-0.15, -0.1) is 0 Å². The largest absolute Gasteiger partial charge is 0.490 e. The number of ether oxygens (including phenoxy) is 1. The van der Waals surface area contributed by atoms with E-state index in [1.54, 1.807) is 0 Å². The maximum atomic E-state index is 13.3. The standard InChI is InChI=1S/C17H24N2O2/c1-2-8-17(9-5-10-18-13-17)16(20)19-11-12-21-15-7-4-3-6-14(15)19/h3-4,6-7,18H,2,5,8-13H2,1H3. The lowest BCUT2D eigenvalue weighted by Gasteiger charge is -2.41. The lowest BCUT2D eigenvalue weighted by molar-refractivity contribution is -0.130. The predicted molar refractivity (Wildman–Crippen MR) is 83.7 cm³/mol. The zero-order valence-corrected chi connectivity index (χ0v) is 12.7. The number of fused-ring (bicyclic) bond motifs is 1. The Morgan fingerprint density at radius 2 is 2.29 bits per heavy atom. The van der Waals surface area contributed by atoms with Crippen LogP contribution in [0.2, 0.25) is 0 Å². The Morgan fingerprint density at radius 3 is 3.05 bits per heavy atom. The van der Waals surface area contributed by atoms with Gasteiger partial charge in [0.05, 0.1) is 17.6 Å². The van der Waals surface area contributed by atoms with Crippen LogP contribution in [0.15, 0.2) is 24.3 Å². The zero-order chi connectivity index (χ0) is 14.7. The number of nitrogens with one attached hydrogen (secondary N) is 1. The average molecular weight is 288 g/mol. The Kier molecular flexibility index (Phi) is 4.15. The third-order valence-corrected chi connectivity index (χ3v) is 4.63. The van der Waals surface area contributed by atoms with Crippen molar-refractivity contribution < 1.29 is 9.53 Å². The fraction of sp³-hybridized carbons (Fsp3) is 0.588. The van der Waals surface area contributed by atoms with Crippen LogP contribution in [0.25, 0.3) is 0 Å². The molecule has 1 saturated heterocycles. The van der Waals surface area contributed by atoms with Crippen LogP contribution < -0.4 is 15.0 Å². The van der Waals surface area contributed by atoms with Gasteiger partial charge in [0.1, 0.15) is 12.4 Å². The summed E-state index contributed by atoms with van der Waals surface area (Å²) in [4.78, 5) is 15.2. The molecule has 2 heterocycles. The van der Waals surface area contributed by atoms with Crippen LogP contribution in [-0.4, -0.2) is 32.1 Å². The zero-order valence-electron chi connectivity index (χ0n) is 12.7. The first-order chi connectivity index (χ1) is 10.3. The van der Waals surface area contributed by atoms with Crippen LogP contribution in [0.4, 0.5) is 5.69 Å². The van der Waals surface area contributed by atoms with Gasteiger partial charge in [-0.2, -0.15) is 0 Å². The van der Waals surface area contributed by atoms with Crippen molar-refractivity contribution in [3.05, 3.63) is 24.3 Å². The molecule has 4 heteroatoms. The van der Waals surface area contributed by atoms with E-state index in [4.69, 9.17) is 4.74 Å². The summed E-state index contributed by atoms with van der Waals surface area (Å²) in [5, 5.41) is 3.43. The molecule has 0 spiro atoms. The Morgan fingerprint density at radius 1 is 1.43 bits per heavy atom. The summed E-state index contributed by atoms with van der Waals surface area (Å²) >= 11 is 0. The van der Waals surface area contributed by atoms with E-state index in [0.717, 1.165) is 50.2 Å². The van der Waals surface area contributed by atoms with Crippen molar-refractivity contribution in [2.75, 3.05) is 31.1 Å². The number of hydrogen-bond acceptors (Lipinski definition) is 3. The second-order valence-electron chi connectivity index (χ2n) is 6.08. The van der Waals surface area contributed by atoms with Gasteiger partial charge in [0.2, 0.25) is 5.91 Å². The number of piperidine rings is 1. The number of benzene rings is 1. The number of para-hydroxylation sites is 2. The molecule has 114 valence electrons. The molecule has 1 N–H and O–H groups in total. The molecule has 2 aliphatic heterocycles. The molecule has 0 aromatic heterocycles. The number of carbonyl (C=O) groups excluding carboxylic acids is 1. The van der Waals surface area contributed by atoms with E-state index in [9.17, 15) is 4.79 Å². The summed E-state index contributed by atoms with van der Waals surface area (Å²) < 4.78 is 5.67. The Bertz CT molecular complexity index is 504. The van der Waals surface area contributed by atoms with Gasteiger partial charge in [0.15, 0.2) is 0 Å². The normalized spacial score (nSPS) is 25.1. The summed E-state index contributed by atoms with van der Waals surface area (Å²) in [6, 6.07) is 7.86. The highest BCUT2D eigenvalue weighted by Gasteiger charge is 2.42. The molecular weight excluding hydrogens is 264 g/mol. The first-order valence-electron chi connectivity index (χ1n) is 8.01. The summed E-state index contributed by atoms with van der Waals surface area (Å²) in [7, 11) is 0. The number of anilines is 1. The average Bonchev–Trinajstić information content (AvgIpc) is 2.55. The van der Waals surface area contributed by atoms with Crippen molar-refractivity contribution in [1.82, 2.24) is 5.32 Å². The molecule has 21 heavy (non-hydrogen) atoms. The Balaban J connectivity index is 1.90. The highest BCUT2D eigenvalue weighted by Crippen LogP contribution is 2.38. The molecule has 1 fully saturated rings. The summed E-state index contributed by atoms with van der Waals surface area (Å²) in [5.41, 5.74) is 0.687. The van der Waals surface area contributed by atoms with E-state index < -0.39 is 0 Å². The molecule has 0 bridgehead atoms. The number of hydrogen-bond donors (Lipinski definition) is 1. The summed E-state index contributed by atoms with van der Waals surface area (Å²) in [5.74, 6) is 1.10. The molecule has 1 aromatic rings. The molecule has 2 aliphatic rings. The van der Waals surface area contributed by atoms with E-state index in [1.807, 2.05) is 29.2 Å². The maximum absolute atomic E-state index is 13.3. The molecule has 0 radical (unpaired) electrons. The van der Waals surface area contributed by atoms with Gasteiger partial charge in [-0.05, 0) is 37.9 Å². The first-order valence-corrected chi connectivity index (χ1v) is 8.01. The van der Waals surface area contributed by atoms with Gasteiger partial charge in [-0.3, -0.25) is 4.79 Å². The predicted octanol–water partition coefficient (Wildman–Crippen LogP) is 2.58. The maximum Gasteiger partial charge on any atom is 0.234 e. The van der Waals surface area contributed by atoms with Crippen LogP contribution in [0.1, 0.15) is 32.6 Å². The van der Waals surface area contributed by atoms with Crippen LogP contribution in [0.3, 0.4) is 0 Å². The van der Waals surface area contributed by atoms with Crippen molar-refractivity contribution in [2.45, 2.75) is 32.6 Å². The van der Waals surface area contributed by atoms with Gasteiger partial charge in [0.25, 0.3) is 0 Å². The first kappa shape index (κ1) is 14.4. The van der Waals surface area contributed by atoms with Crippen LogP contribution in [0.5, 0.6) is 5.75 Å². The summed E-state index contributed by atoms with van der Waals surface area (Å²) in [6.45, 7) is 5.23. The van der Waals surface area contributed by atoms with Crippen LogP contribution in [-0.2, 0) is 4.79 Å². The third kappa shape index (κ3) is 2.64. The molecule has 3 rings (SSSR count). The second-order valence-corrected chi connectivity index (χ2v) is 6.08. The molecule has 1 atom stereocenters. The van der Waals surface area contributed by atoms with E-state index in [-0.39, 0.29) is 11.3 Å². The van der Waals surface area contributed by atoms with E-state index >= 15 is 0 Å². The third-order valence-electron chi connectivity index (χ3n) is 4.63. The molecule has 4 nitrogen and oxygen atoms in total. The summed E-state index contributed by atoms with van der Waals surface area (Å²) in [6.07, 6.45) is 4.07. The minimum atomic E-state index is -0.239. The van der Waals surface area contributed by atoms with Gasteiger partial charge >= 0.3 is 0 Å². The van der Waals surface area contributed by atoms with Crippen molar-refractivity contribution in [3.63, 3.8) is 0 Å². The van der Waals surface area contributed by atoms with Crippen molar-refractivity contribution >= 4 is 11.6 Å². The van der Waals surface area contributed by atoms with Gasteiger partial charge in [-0.25, -0.2) is 0 Å². The number of carbonyl (C=O) groups is 1. The lowest BCUT2D eigenvalue weighted by Crippen LogP contribution is -2.53. The minimum Gasteiger partial charge on any atom is -0.490 e. The topological polar surface area (TPSA) is 41.6 Å². The lowest BCUT2D eigenvalue weighted by atomic mass is 9.75. The van der Waals surface area contributed by atoms with Gasteiger partial charge in [-0.1, -0.05) is 25.5 Å². The fourth-order valence-corrected chi connectivity index (χ4v) is 3.62. The second kappa shape index (κ2) is 6.06. The van der Waals surface area contributed by atoms with Crippen molar-refractivity contribution in [2.24, 2.45) is 5.41 Å². The fourth-order valence-electron chi connectivity index (χ4n) is 3.62. The minimum absolute atomic E-state index is 0.239. The van der Waals surface area contributed by atoms with Gasteiger partial charge in [0, 0.05) is 6.54 Å². The van der Waals surface area contributed by atoms with Crippen molar-refractivity contribution in [3.8, 4) is 5.75 Å². The van der Waals surface area contributed by atoms with Crippen molar-refractivity contribution in [1.29, 1.82) is 0 Å². The van der Waals surface area contributed by atoms with Crippen LogP contribution >= 0.6 is 0 Å². The number of nitrogens with zero attached hydrogens (tertiary/aromatic N) is 1. The van der Waals surface area contributed by atoms with E-state index in [0.29, 0.717) is 13.2 Å². The smallest absolute Gasteiger partial charge is 0.234 e. The molecule has 1 amide bonds. The monoisotopic (exact) mass is 288 g/mol. The molecule has 1 unspecified atom stereocenters. The number of amides is 1. The highest BCUT2D eigenvalue weighted by molar-refractivity contribution is 5.99. The van der Waals surface area contributed by atoms with Crippen LogP contribution in [0, 0.1) is 5.41 Å². The molecular formula is C17H24N2O2. The highest BCUT2D eigenvalue weighted by atomic mass is 16.5.